The molecule has 0 aliphatic rings. The van der Waals surface area contributed by atoms with Crippen LogP contribution in [0.5, 0.6) is 5.75 Å². The first kappa shape index (κ1) is 14.3. The van der Waals surface area contributed by atoms with Crippen molar-refractivity contribution in [2.75, 3.05) is 0 Å². The summed E-state index contributed by atoms with van der Waals surface area (Å²) in [5.74, 6) is 0.496. The summed E-state index contributed by atoms with van der Waals surface area (Å²) in [5, 5.41) is 11.3. The van der Waals surface area contributed by atoms with Gasteiger partial charge >= 0.3 is 0 Å². The standard InChI is InChI=1S/C21H15NO2/c23-20-17-13-7-8-14-18(17)24-21(20)19(15-9-3-1-4-10-15)22-16-11-5-2-6-12-16/h1-14,23H. The van der Waals surface area contributed by atoms with Crippen LogP contribution in [0.2, 0.25) is 0 Å². The molecule has 0 amide bonds. The van der Waals surface area contributed by atoms with Gasteiger partial charge in [-0.3, -0.25) is 0 Å². The lowest BCUT2D eigenvalue weighted by molar-refractivity contribution is 0.461. The molecular formula is C21H15NO2. The highest BCUT2D eigenvalue weighted by Crippen LogP contribution is 2.34. The zero-order valence-electron chi connectivity index (χ0n) is 12.9. The van der Waals surface area contributed by atoms with E-state index >= 15 is 0 Å². The highest BCUT2D eigenvalue weighted by Gasteiger charge is 2.19. The lowest BCUT2D eigenvalue weighted by Crippen LogP contribution is -2.01. The van der Waals surface area contributed by atoms with Crippen LogP contribution in [0.25, 0.3) is 11.0 Å². The second-order valence-electron chi connectivity index (χ2n) is 5.44. The van der Waals surface area contributed by atoms with E-state index < -0.39 is 0 Å². The zero-order valence-corrected chi connectivity index (χ0v) is 12.9. The highest BCUT2D eigenvalue weighted by molar-refractivity contribution is 6.16. The molecule has 3 aromatic carbocycles. The van der Waals surface area contributed by atoms with Gasteiger partial charge in [0.1, 0.15) is 11.3 Å². The zero-order chi connectivity index (χ0) is 16.4. The van der Waals surface area contributed by atoms with E-state index in [1.54, 1.807) is 0 Å². The minimum absolute atomic E-state index is 0.115. The number of nitrogens with zero attached hydrogens (tertiary/aromatic N) is 1. The quantitative estimate of drug-likeness (QED) is 0.521. The lowest BCUT2D eigenvalue weighted by Gasteiger charge is -2.05. The summed E-state index contributed by atoms with van der Waals surface area (Å²) in [6.07, 6.45) is 0. The predicted octanol–water partition coefficient (Wildman–Crippen LogP) is 5.31. The first-order valence-electron chi connectivity index (χ1n) is 7.73. The van der Waals surface area contributed by atoms with E-state index in [1.807, 2.05) is 84.9 Å². The largest absolute Gasteiger partial charge is 0.504 e. The normalized spacial score (nSPS) is 11.8. The fraction of sp³-hybridized carbons (Fsp3) is 0. The molecule has 0 aliphatic carbocycles. The Morgan fingerprint density at radius 1 is 0.750 bits per heavy atom. The minimum atomic E-state index is 0.115. The van der Waals surface area contributed by atoms with Crippen LogP contribution >= 0.6 is 0 Å². The third-order valence-electron chi connectivity index (χ3n) is 3.83. The molecule has 0 saturated carbocycles. The van der Waals surface area contributed by atoms with Gasteiger partial charge in [0.15, 0.2) is 11.5 Å². The Morgan fingerprint density at radius 2 is 1.38 bits per heavy atom. The summed E-state index contributed by atoms with van der Waals surface area (Å²) in [4.78, 5) is 4.72. The molecule has 0 spiro atoms. The molecule has 0 fully saturated rings. The molecule has 0 atom stereocenters. The number of rotatable bonds is 3. The summed E-state index contributed by atoms with van der Waals surface area (Å²) >= 11 is 0. The number of hydrogen-bond donors (Lipinski definition) is 1. The second-order valence-corrected chi connectivity index (χ2v) is 5.44. The number of hydrogen-bond acceptors (Lipinski definition) is 3. The molecule has 116 valence electrons. The number of para-hydroxylation sites is 2. The van der Waals surface area contributed by atoms with Gasteiger partial charge in [0.2, 0.25) is 0 Å². The Kier molecular flexibility index (Phi) is 3.60. The van der Waals surface area contributed by atoms with Gasteiger partial charge in [-0.2, -0.15) is 0 Å². The number of furan rings is 1. The molecule has 3 nitrogen and oxygen atoms in total. The van der Waals surface area contributed by atoms with Crippen molar-refractivity contribution in [3.8, 4) is 5.75 Å². The summed E-state index contributed by atoms with van der Waals surface area (Å²) in [7, 11) is 0. The van der Waals surface area contributed by atoms with Crippen LogP contribution < -0.4 is 0 Å². The molecule has 1 aromatic heterocycles. The van der Waals surface area contributed by atoms with Crippen LogP contribution in [-0.2, 0) is 0 Å². The van der Waals surface area contributed by atoms with Crippen LogP contribution in [-0.4, -0.2) is 10.8 Å². The maximum absolute atomic E-state index is 10.6. The molecule has 0 saturated heterocycles. The number of fused-ring (bicyclic) bond motifs is 1. The van der Waals surface area contributed by atoms with E-state index in [4.69, 9.17) is 9.41 Å². The van der Waals surface area contributed by atoms with E-state index in [-0.39, 0.29) is 5.75 Å². The molecule has 1 N–H and O–H groups in total. The first-order valence-corrected chi connectivity index (χ1v) is 7.73. The first-order chi connectivity index (χ1) is 11.8. The highest BCUT2D eigenvalue weighted by atomic mass is 16.4. The van der Waals surface area contributed by atoms with Crippen molar-refractivity contribution in [2.24, 2.45) is 4.99 Å². The van der Waals surface area contributed by atoms with E-state index in [2.05, 4.69) is 0 Å². The van der Waals surface area contributed by atoms with Gasteiger partial charge < -0.3 is 9.52 Å². The molecule has 0 radical (unpaired) electrons. The van der Waals surface area contributed by atoms with E-state index in [9.17, 15) is 5.11 Å². The summed E-state index contributed by atoms with van der Waals surface area (Å²) < 4.78 is 5.91. The SMILES string of the molecule is Oc1c(C(=Nc2ccccc2)c2ccccc2)oc2ccccc12. The van der Waals surface area contributed by atoms with Crippen LogP contribution in [0.3, 0.4) is 0 Å². The Morgan fingerprint density at radius 3 is 2.08 bits per heavy atom. The third kappa shape index (κ3) is 2.57. The summed E-state index contributed by atoms with van der Waals surface area (Å²) in [6.45, 7) is 0. The van der Waals surface area contributed by atoms with Crippen molar-refractivity contribution in [3.05, 3.63) is 96.3 Å². The van der Waals surface area contributed by atoms with Crippen LogP contribution in [0.15, 0.2) is 94.3 Å². The second kappa shape index (κ2) is 6.05. The molecule has 4 aromatic rings. The van der Waals surface area contributed by atoms with Crippen LogP contribution in [0.1, 0.15) is 11.3 Å². The number of aromatic hydroxyl groups is 1. The van der Waals surface area contributed by atoms with Crippen molar-refractivity contribution < 1.29 is 9.52 Å². The molecule has 0 bridgehead atoms. The van der Waals surface area contributed by atoms with Crippen molar-refractivity contribution >= 4 is 22.4 Å². The van der Waals surface area contributed by atoms with Crippen molar-refractivity contribution in [3.63, 3.8) is 0 Å². The van der Waals surface area contributed by atoms with Gasteiger partial charge in [-0.25, -0.2) is 4.99 Å². The van der Waals surface area contributed by atoms with Crippen LogP contribution in [0.4, 0.5) is 5.69 Å². The molecule has 24 heavy (non-hydrogen) atoms. The smallest absolute Gasteiger partial charge is 0.196 e. The average Bonchev–Trinajstić information content (AvgIpc) is 2.98. The third-order valence-corrected chi connectivity index (χ3v) is 3.83. The summed E-state index contributed by atoms with van der Waals surface area (Å²) in [5.41, 5.74) is 2.93. The van der Waals surface area contributed by atoms with Gasteiger partial charge in [0.05, 0.1) is 11.1 Å². The molecular weight excluding hydrogens is 298 g/mol. The van der Waals surface area contributed by atoms with Gasteiger partial charge in [-0.1, -0.05) is 60.7 Å². The maximum atomic E-state index is 10.6. The Hall–Kier alpha value is -3.33. The van der Waals surface area contributed by atoms with Gasteiger partial charge in [0, 0.05) is 5.56 Å². The van der Waals surface area contributed by atoms with E-state index in [0.717, 1.165) is 11.3 Å². The topological polar surface area (TPSA) is 45.7 Å². The Balaban J connectivity index is 1.95. The van der Waals surface area contributed by atoms with Gasteiger partial charge in [-0.15, -0.1) is 0 Å². The monoisotopic (exact) mass is 313 g/mol. The van der Waals surface area contributed by atoms with Gasteiger partial charge in [0.25, 0.3) is 0 Å². The van der Waals surface area contributed by atoms with E-state index in [1.165, 1.54) is 0 Å². The number of aliphatic imine (C=N–C) groups is 1. The van der Waals surface area contributed by atoms with Crippen molar-refractivity contribution in [1.29, 1.82) is 0 Å². The predicted molar refractivity (Wildman–Crippen MR) is 96.1 cm³/mol. The molecule has 0 unspecified atom stereocenters. The Labute approximate surface area is 139 Å². The fourth-order valence-electron chi connectivity index (χ4n) is 2.67. The molecule has 3 heteroatoms. The molecule has 1 heterocycles. The molecule has 0 aliphatic heterocycles. The number of benzene rings is 3. The van der Waals surface area contributed by atoms with E-state index in [0.29, 0.717) is 22.4 Å². The molecule has 4 rings (SSSR count). The fourth-order valence-corrected chi connectivity index (χ4v) is 2.67. The maximum Gasteiger partial charge on any atom is 0.196 e. The van der Waals surface area contributed by atoms with Gasteiger partial charge in [-0.05, 0) is 24.3 Å². The lowest BCUT2D eigenvalue weighted by atomic mass is 10.1. The van der Waals surface area contributed by atoms with Crippen LogP contribution in [0, 0.1) is 0 Å². The minimum Gasteiger partial charge on any atom is -0.504 e. The van der Waals surface area contributed by atoms with Crippen molar-refractivity contribution in [1.82, 2.24) is 0 Å². The average molecular weight is 313 g/mol. The van der Waals surface area contributed by atoms with Crippen molar-refractivity contribution in [2.45, 2.75) is 0 Å². The Bertz CT molecular complexity index is 1000. The summed E-state index contributed by atoms with van der Waals surface area (Å²) in [6, 6.07) is 26.8.